The first-order valence-electron chi connectivity index (χ1n) is 6.30. The van der Waals surface area contributed by atoms with Gasteiger partial charge in [0, 0.05) is 6.20 Å². The van der Waals surface area contributed by atoms with Crippen LogP contribution in [0.4, 0.5) is 0 Å². The second kappa shape index (κ2) is 7.04. The molecule has 1 aromatic carbocycles. The Bertz CT molecular complexity index is 591. The topological polar surface area (TPSA) is 72.9 Å². The van der Waals surface area contributed by atoms with Crippen molar-refractivity contribution < 1.29 is 4.74 Å². The third-order valence-corrected chi connectivity index (χ3v) is 2.49. The molecule has 0 saturated heterocycles. The first kappa shape index (κ1) is 13.7. The molecule has 102 valence electrons. The second-order valence-corrected chi connectivity index (χ2v) is 3.95. The van der Waals surface area contributed by atoms with Gasteiger partial charge in [0.15, 0.2) is 5.84 Å². The second-order valence-electron chi connectivity index (χ2n) is 3.95. The maximum Gasteiger partial charge on any atom is 0.171 e. The highest BCUT2D eigenvalue weighted by Crippen LogP contribution is 2.10. The van der Waals surface area contributed by atoms with E-state index in [1.165, 1.54) is 0 Å². The largest absolute Gasteiger partial charge is 0.494 e. The molecule has 0 spiro atoms. The molecule has 2 rings (SSSR count). The maximum absolute atomic E-state index is 5.78. The van der Waals surface area contributed by atoms with Gasteiger partial charge in [0.1, 0.15) is 11.4 Å². The lowest BCUT2D eigenvalue weighted by Gasteiger charge is -2.01. The fraction of sp³-hybridized carbons (Fsp3) is 0.133. The minimum atomic E-state index is 0.285. The summed E-state index contributed by atoms with van der Waals surface area (Å²) in [6.07, 6.45) is 3.29. The number of amidine groups is 1. The van der Waals surface area contributed by atoms with Crippen molar-refractivity contribution >= 4 is 12.1 Å². The Balaban J connectivity index is 2.02. The average Bonchev–Trinajstić information content (AvgIpc) is 2.50. The van der Waals surface area contributed by atoms with Gasteiger partial charge in [-0.3, -0.25) is 4.98 Å². The Labute approximate surface area is 117 Å². The van der Waals surface area contributed by atoms with E-state index in [2.05, 4.69) is 15.2 Å². The minimum Gasteiger partial charge on any atom is -0.494 e. The van der Waals surface area contributed by atoms with Gasteiger partial charge in [-0.2, -0.15) is 5.10 Å². The molecule has 0 saturated carbocycles. The number of benzene rings is 1. The van der Waals surface area contributed by atoms with E-state index in [1.807, 2.05) is 43.3 Å². The zero-order valence-corrected chi connectivity index (χ0v) is 11.2. The van der Waals surface area contributed by atoms with Crippen LogP contribution in [-0.2, 0) is 0 Å². The van der Waals surface area contributed by atoms with Crippen molar-refractivity contribution in [1.29, 1.82) is 0 Å². The number of rotatable bonds is 5. The molecule has 0 aliphatic rings. The Morgan fingerprint density at radius 1 is 1.25 bits per heavy atom. The van der Waals surface area contributed by atoms with Crippen molar-refractivity contribution in [2.24, 2.45) is 15.9 Å². The molecular weight excluding hydrogens is 252 g/mol. The van der Waals surface area contributed by atoms with Crippen LogP contribution in [0.2, 0.25) is 0 Å². The van der Waals surface area contributed by atoms with E-state index in [0.717, 1.165) is 11.3 Å². The molecule has 2 N–H and O–H groups in total. The number of nitrogens with two attached hydrogens (primary N) is 1. The molecule has 0 fully saturated rings. The quantitative estimate of drug-likeness (QED) is 0.513. The van der Waals surface area contributed by atoms with Gasteiger partial charge in [-0.15, -0.1) is 5.10 Å². The molecule has 0 aliphatic heterocycles. The lowest BCUT2D eigenvalue weighted by Crippen LogP contribution is -2.14. The molecule has 1 aromatic heterocycles. The van der Waals surface area contributed by atoms with Gasteiger partial charge >= 0.3 is 0 Å². The van der Waals surface area contributed by atoms with Crippen LogP contribution in [0.3, 0.4) is 0 Å². The van der Waals surface area contributed by atoms with Crippen LogP contribution < -0.4 is 10.5 Å². The summed E-state index contributed by atoms with van der Waals surface area (Å²) in [5, 5.41) is 7.87. The summed E-state index contributed by atoms with van der Waals surface area (Å²) in [5.74, 6) is 1.12. The van der Waals surface area contributed by atoms with E-state index in [-0.39, 0.29) is 5.84 Å². The number of pyridine rings is 1. The molecule has 2 aromatic rings. The molecule has 0 radical (unpaired) electrons. The fourth-order valence-corrected chi connectivity index (χ4v) is 1.54. The zero-order valence-electron chi connectivity index (χ0n) is 11.2. The van der Waals surface area contributed by atoms with Gasteiger partial charge in [0.25, 0.3) is 0 Å². The maximum atomic E-state index is 5.78. The third kappa shape index (κ3) is 3.91. The Hall–Kier alpha value is -2.69. The zero-order chi connectivity index (χ0) is 14.2. The first-order valence-corrected chi connectivity index (χ1v) is 6.30. The Morgan fingerprint density at radius 3 is 2.70 bits per heavy atom. The van der Waals surface area contributed by atoms with E-state index in [4.69, 9.17) is 10.5 Å². The number of hydrogen-bond acceptors (Lipinski definition) is 4. The number of hydrogen-bond donors (Lipinski definition) is 1. The summed E-state index contributed by atoms with van der Waals surface area (Å²) in [4.78, 5) is 4.09. The molecule has 0 amide bonds. The highest BCUT2D eigenvalue weighted by Gasteiger charge is 1.96. The van der Waals surface area contributed by atoms with Gasteiger partial charge in [0.2, 0.25) is 0 Å². The van der Waals surface area contributed by atoms with Crippen molar-refractivity contribution in [1.82, 2.24) is 4.98 Å². The van der Waals surface area contributed by atoms with E-state index >= 15 is 0 Å². The standard InChI is InChI=1S/C15H16N4O/c1-2-20-13-8-6-12(7-9-13)11-18-19-15(16)14-5-3-4-10-17-14/h3-11H,2H2,1H3,(H2,16,19)/b18-11-. The van der Waals surface area contributed by atoms with E-state index in [9.17, 15) is 0 Å². The van der Waals surface area contributed by atoms with Crippen molar-refractivity contribution in [3.63, 3.8) is 0 Å². The minimum absolute atomic E-state index is 0.285. The van der Waals surface area contributed by atoms with Gasteiger partial charge in [-0.25, -0.2) is 0 Å². The van der Waals surface area contributed by atoms with Crippen LogP contribution in [0, 0.1) is 0 Å². The summed E-state index contributed by atoms with van der Waals surface area (Å²) in [7, 11) is 0. The molecule has 1 heterocycles. The third-order valence-electron chi connectivity index (χ3n) is 2.49. The lowest BCUT2D eigenvalue weighted by atomic mass is 10.2. The van der Waals surface area contributed by atoms with E-state index in [0.29, 0.717) is 12.3 Å². The number of ether oxygens (including phenoxy) is 1. The summed E-state index contributed by atoms with van der Waals surface area (Å²) in [5.41, 5.74) is 7.31. The van der Waals surface area contributed by atoms with Crippen molar-refractivity contribution in [3.05, 3.63) is 59.9 Å². The number of aromatic nitrogens is 1. The monoisotopic (exact) mass is 268 g/mol. The lowest BCUT2D eigenvalue weighted by molar-refractivity contribution is 0.340. The van der Waals surface area contributed by atoms with Crippen LogP contribution in [-0.4, -0.2) is 23.6 Å². The molecular formula is C15H16N4O. The van der Waals surface area contributed by atoms with Gasteiger partial charge < -0.3 is 10.5 Å². The fourth-order valence-electron chi connectivity index (χ4n) is 1.54. The summed E-state index contributed by atoms with van der Waals surface area (Å²) in [6, 6.07) is 13.0. The normalized spacial score (nSPS) is 11.8. The van der Waals surface area contributed by atoms with Gasteiger partial charge in [0.05, 0.1) is 12.8 Å². The molecule has 0 aliphatic carbocycles. The predicted octanol–water partition coefficient (Wildman–Crippen LogP) is 2.22. The summed E-state index contributed by atoms with van der Waals surface area (Å²) in [6.45, 7) is 2.60. The molecule has 20 heavy (non-hydrogen) atoms. The van der Waals surface area contributed by atoms with Crippen LogP contribution in [0.5, 0.6) is 5.75 Å². The first-order chi connectivity index (χ1) is 9.79. The van der Waals surface area contributed by atoms with Crippen molar-refractivity contribution in [2.75, 3.05) is 6.61 Å². The molecule has 5 nitrogen and oxygen atoms in total. The van der Waals surface area contributed by atoms with E-state index in [1.54, 1.807) is 18.5 Å². The SMILES string of the molecule is CCOc1ccc(/C=N\N=C(\N)c2ccccn2)cc1. The smallest absolute Gasteiger partial charge is 0.171 e. The Morgan fingerprint density at radius 2 is 2.05 bits per heavy atom. The number of nitrogens with zero attached hydrogens (tertiary/aromatic N) is 3. The average molecular weight is 268 g/mol. The highest BCUT2D eigenvalue weighted by molar-refractivity contribution is 5.95. The van der Waals surface area contributed by atoms with Gasteiger partial charge in [-0.05, 0) is 48.9 Å². The van der Waals surface area contributed by atoms with Crippen molar-refractivity contribution in [2.45, 2.75) is 6.92 Å². The van der Waals surface area contributed by atoms with E-state index < -0.39 is 0 Å². The summed E-state index contributed by atoms with van der Waals surface area (Å²) < 4.78 is 5.36. The van der Waals surface area contributed by atoms with Gasteiger partial charge in [-0.1, -0.05) is 6.07 Å². The molecule has 5 heteroatoms. The van der Waals surface area contributed by atoms with Crippen molar-refractivity contribution in [3.8, 4) is 5.75 Å². The van der Waals surface area contributed by atoms with Crippen LogP contribution in [0.1, 0.15) is 18.2 Å². The van der Waals surface area contributed by atoms with Crippen LogP contribution in [0.15, 0.2) is 58.9 Å². The molecule has 0 bridgehead atoms. The molecule has 0 unspecified atom stereocenters. The van der Waals surface area contributed by atoms with Crippen LogP contribution >= 0.6 is 0 Å². The predicted molar refractivity (Wildman–Crippen MR) is 80.2 cm³/mol. The van der Waals surface area contributed by atoms with Crippen LogP contribution in [0.25, 0.3) is 0 Å². The molecule has 0 atom stereocenters. The Kier molecular flexibility index (Phi) is 4.83. The summed E-state index contributed by atoms with van der Waals surface area (Å²) >= 11 is 0. The highest BCUT2D eigenvalue weighted by atomic mass is 16.5.